The Morgan fingerprint density at radius 1 is 1.08 bits per heavy atom. The Morgan fingerprint density at radius 3 is 2.77 bits per heavy atom. The predicted octanol–water partition coefficient (Wildman–Crippen LogP) is 2.56. The highest BCUT2D eigenvalue weighted by molar-refractivity contribution is 7.98. The average Bonchev–Trinajstić information content (AvgIpc) is 2.63. The summed E-state index contributed by atoms with van der Waals surface area (Å²) < 4.78 is 1.96. The van der Waals surface area contributed by atoms with Crippen molar-refractivity contribution in [3.63, 3.8) is 0 Å². The number of aliphatic hydroxyl groups is 1. The van der Waals surface area contributed by atoms with E-state index in [1.165, 1.54) is 17.7 Å². The van der Waals surface area contributed by atoms with Crippen LogP contribution in [0.25, 0.3) is 0 Å². The van der Waals surface area contributed by atoms with Crippen molar-refractivity contribution in [3.8, 4) is 0 Å². The third-order valence-electron chi connectivity index (χ3n) is 5.45. The highest BCUT2D eigenvalue weighted by Gasteiger charge is 2.34. The summed E-state index contributed by atoms with van der Waals surface area (Å²) in [5.41, 5.74) is 2.61. The molecule has 0 saturated carbocycles. The Kier molecular flexibility index (Phi) is 5.48. The molecular formula is C21H26N2O2S. The molecule has 0 aliphatic carbocycles. The van der Waals surface area contributed by atoms with E-state index >= 15 is 0 Å². The number of likely N-dealkylation sites (tertiary alicyclic amines) is 1. The van der Waals surface area contributed by atoms with Gasteiger partial charge < -0.3 is 9.67 Å². The molecule has 0 spiro atoms. The topological polar surface area (TPSA) is 45.5 Å². The molecule has 1 N–H and O–H groups in total. The van der Waals surface area contributed by atoms with Crippen LogP contribution in [0.3, 0.4) is 0 Å². The van der Waals surface area contributed by atoms with Crippen molar-refractivity contribution >= 4 is 11.8 Å². The smallest absolute Gasteiger partial charge is 0.250 e. The van der Waals surface area contributed by atoms with Crippen LogP contribution in [-0.2, 0) is 12.3 Å². The zero-order valence-electron chi connectivity index (χ0n) is 15.0. The van der Waals surface area contributed by atoms with Gasteiger partial charge in [-0.1, -0.05) is 36.4 Å². The second-order valence-corrected chi connectivity index (χ2v) is 8.60. The van der Waals surface area contributed by atoms with Gasteiger partial charge in [0.25, 0.3) is 5.56 Å². The minimum atomic E-state index is -0.305. The highest BCUT2D eigenvalue weighted by atomic mass is 32.2. The fraction of sp³-hybridized carbons (Fsp3) is 0.476. The Morgan fingerprint density at radius 2 is 1.92 bits per heavy atom. The van der Waals surface area contributed by atoms with E-state index in [2.05, 4.69) is 35.2 Å². The van der Waals surface area contributed by atoms with Crippen LogP contribution >= 0.6 is 11.8 Å². The molecule has 1 aromatic heterocycles. The van der Waals surface area contributed by atoms with E-state index in [-0.39, 0.29) is 11.7 Å². The maximum absolute atomic E-state index is 12.1. The molecule has 4 rings (SSSR count). The predicted molar refractivity (Wildman–Crippen MR) is 107 cm³/mol. The van der Waals surface area contributed by atoms with Crippen molar-refractivity contribution in [1.29, 1.82) is 0 Å². The molecule has 3 heterocycles. The lowest BCUT2D eigenvalue weighted by Crippen LogP contribution is -2.49. The summed E-state index contributed by atoms with van der Waals surface area (Å²) in [6, 6.07) is 16.0. The first-order valence-electron chi connectivity index (χ1n) is 9.41. The number of thioether (sulfide) groups is 1. The number of nitrogens with zero attached hydrogens (tertiary/aromatic N) is 2. The summed E-state index contributed by atoms with van der Waals surface area (Å²) in [4.78, 5) is 14.5. The first-order valence-corrected chi connectivity index (χ1v) is 10.6. The number of pyridine rings is 1. The van der Waals surface area contributed by atoms with Gasteiger partial charge in [0.15, 0.2) is 0 Å². The van der Waals surface area contributed by atoms with Crippen LogP contribution in [0.4, 0.5) is 0 Å². The van der Waals surface area contributed by atoms with Crippen molar-refractivity contribution in [2.45, 2.75) is 30.7 Å². The molecule has 0 radical (unpaired) electrons. The molecule has 2 aliphatic heterocycles. The zero-order chi connectivity index (χ0) is 17.9. The lowest BCUT2D eigenvalue weighted by Gasteiger charge is -2.43. The van der Waals surface area contributed by atoms with Gasteiger partial charge in [0.1, 0.15) is 0 Å². The van der Waals surface area contributed by atoms with E-state index in [1.54, 1.807) is 17.8 Å². The molecule has 138 valence electrons. The van der Waals surface area contributed by atoms with Gasteiger partial charge in [-0.05, 0) is 24.0 Å². The van der Waals surface area contributed by atoms with Crippen LogP contribution in [-0.4, -0.2) is 46.1 Å². The second kappa shape index (κ2) is 7.99. The highest BCUT2D eigenvalue weighted by Crippen LogP contribution is 2.34. The van der Waals surface area contributed by atoms with Crippen LogP contribution in [0, 0.1) is 5.92 Å². The molecule has 2 bridgehead atoms. The number of hydrogen-bond donors (Lipinski definition) is 1. The van der Waals surface area contributed by atoms with Gasteiger partial charge in [0, 0.05) is 55.4 Å². The molecule has 3 atom stereocenters. The van der Waals surface area contributed by atoms with Gasteiger partial charge in [-0.3, -0.25) is 9.69 Å². The average molecular weight is 371 g/mol. The fourth-order valence-electron chi connectivity index (χ4n) is 4.38. The van der Waals surface area contributed by atoms with Crippen LogP contribution < -0.4 is 5.56 Å². The Balaban J connectivity index is 1.30. The quantitative estimate of drug-likeness (QED) is 0.849. The normalized spacial score (nSPS) is 23.4. The number of piperidine rings is 1. The summed E-state index contributed by atoms with van der Waals surface area (Å²) >= 11 is 1.79. The van der Waals surface area contributed by atoms with Crippen molar-refractivity contribution in [2.75, 3.05) is 25.4 Å². The minimum absolute atomic E-state index is 0.128. The largest absolute Gasteiger partial charge is 0.391 e. The van der Waals surface area contributed by atoms with Gasteiger partial charge >= 0.3 is 0 Å². The van der Waals surface area contributed by atoms with E-state index in [1.807, 2.05) is 16.7 Å². The van der Waals surface area contributed by atoms with E-state index in [0.717, 1.165) is 37.7 Å². The molecule has 1 fully saturated rings. The fourth-order valence-corrected chi connectivity index (χ4v) is 5.31. The summed E-state index contributed by atoms with van der Waals surface area (Å²) in [7, 11) is 0. The van der Waals surface area contributed by atoms with Crippen molar-refractivity contribution in [3.05, 3.63) is 70.1 Å². The molecular weight excluding hydrogens is 344 g/mol. The van der Waals surface area contributed by atoms with E-state index in [0.29, 0.717) is 11.8 Å². The molecule has 0 amide bonds. The Labute approximate surface area is 158 Å². The molecule has 26 heavy (non-hydrogen) atoms. The number of aliphatic hydroxyl groups excluding tert-OH is 1. The molecule has 2 aliphatic rings. The van der Waals surface area contributed by atoms with Crippen LogP contribution in [0.2, 0.25) is 0 Å². The minimum Gasteiger partial charge on any atom is -0.391 e. The number of β-amino-alcohol motifs (C(OH)–C–C–N with tert-alkyl or cyclic N) is 1. The zero-order valence-corrected chi connectivity index (χ0v) is 15.8. The van der Waals surface area contributed by atoms with Crippen molar-refractivity contribution < 1.29 is 5.11 Å². The number of fused-ring (bicyclic) bond motifs is 4. The molecule has 4 nitrogen and oxygen atoms in total. The first-order chi connectivity index (χ1) is 12.7. The van der Waals surface area contributed by atoms with Gasteiger partial charge in [-0.25, -0.2) is 0 Å². The lowest BCUT2D eigenvalue weighted by molar-refractivity contribution is 0.0717. The van der Waals surface area contributed by atoms with E-state index in [4.69, 9.17) is 0 Å². The molecule has 2 aromatic rings. The van der Waals surface area contributed by atoms with Gasteiger partial charge in [-0.15, -0.1) is 0 Å². The van der Waals surface area contributed by atoms with Crippen LogP contribution in [0.15, 0.2) is 53.3 Å². The van der Waals surface area contributed by atoms with E-state index in [9.17, 15) is 9.90 Å². The summed E-state index contributed by atoms with van der Waals surface area (Å²) in [5.74, 6) is 2.64. The van der Waals surface area contributed by atoms with E-state index < -0.39 is 0 Å². The summed E-state index contributed by atoms with van der Waals surface area (Å²) in [6.45, 7) is 3.48. The molecule has 1 saturated heterocycles. The molecule has 0 unspecified atom stereocenters. The maximum atomic E-state index is 12.1. The first kappa shape index (κ1) is 17.8. The third kappa shape index (κ3) is 4.05. The van der Waals surface area contributed by atoms with Crippen molar-refractivity contribution in [2.24, 2.45) is 5.92 Å². The molecule has 5 heteroatoms. The van der Waals surface area contributed by atoms with Crippen LogP contribution in [0.1, 0.15) is 23.6 Å². The SMILES string of the molecule is O=c1cccc2n1C[C@H]1C[C@H]2CN(C[C@H](O)CSCc2ccccc2)C1. The Hall–Kier alpha value is -1.56. The van der Waals surface area contributed by atoms with Gasteiger partial charge in [0.2, 0.25) is 0 Å². The van der Waals surface area contributed by atoms with Gasteiger partial charge in [0.05, 0.1) is 6.10 Å². The van der Waals surface area contributed by atoms with Crippen LogP contribution in [0.5, 0.6) is 0 Å². The Bertz CT molecular complexity index is 792. The standard InChI is InChI=1S/C21H26N2O2S/c24-19(15-26-14-16-5-2-1-3-6-16)13-22-10-17-9-18(12-22)20-7-4-8-21(25)23(20)11-17/h1-8,17-19,24H,9-15H2/t17-,18-,19-/m0/s1. The summed E-state index contributed by atoms with van der Waals surface area (Å²) in [6.07, 6.45) is 0.860. The number of rotatable bonds is 6. The maximum Gasteiger partial charge on any atom is 0.250 e. The monoisotopic (exact) mass is 370 g/mol. The van der Waals surface area contributed by atoms with Crippen molar-refractivity contribution in [1.82, 2.24) is 9.47 Å². The van der Waals surface area contributed by atoms with Gasteiger partial charge in [-0.2, -0.15) is 11.8 Å². The third-order valence-corrected chi connectivity index (χ3v) is 6.60. The number of aromatic nitrogens is 1. The summed E-state index contributed by atoms with van der Waals surface area (Å²) in [5, 5.41) is 10.5. The molecule has 1 aromatic carbocycles. The lowest BCUT2D eigenvalue weighted by atomic mass is 9.83. The number of hydrogen-bond acceptors (Lipinski definition) is 4. The second-order valence-electron chi connectivity index (χ2n) is 7.57. The number of benzene rings is 1.